The van der Waals surface area contributed by atoms with Crippen LogP contribution in [0.3, 0.4) is 0 Å². The maximum Gasteiger partial charge on any atom is 0.145 e. The number of aromatic nitrogens is 1. The van der Waals surface area contributed by atoms with E-state index < -0.39 is 0 Å². The van der Waals surface area contributed by atoms with Gasteiger partial charge in [0, 0.05) is 12.1 Å². The fourth-order valence-electron chi connectivity index (χ4n) is 1.67. The Labute approximate surface area is 121 Å². The Hall–Kier alpha value is -1.32. The summed E-state index contributed by atoms with van der Waals surface area (Å²) in [7, 11) is 0. The Morgan fingerprint density at radius 3 is 2.68 bits per heavy atom. The molecule has 0 spiro atoms. The number of benzene rings is 1. The second kappa shape index (κ2) is 6.22. The zero-order chi connectivity index (χ0) is 13.8. The summed E-state index contributed by atoms with van der Waals surface area (Å²) in [6, 6.07) is 7.77. The smallest absolute Gasteiger partial charge is 0.145 e. The van der Waals surface area contributed by atoms with E-state index in [9.17, 15) is 4.39 Å². The monoisotopic (exact) mass is 298 g/mol. The summed E-state index contributed by atoms with van der Waals surface area (Å²) in [5.41, 5.74) is 1.14. The van der Waals surface area contributed by atoms with Crippen LogP contribution in [0, 0.1) is 5.82 Å². The number of anilines is 1. The van der Waals surface area contributed by atoms with Crippen LogP contribution in [0.4, 0.5) is 10.2 Å². The van der Waals surface area contributed by atoms with Crippen LogP contribution >= 0.6 is 23.2 Å². The van der Waals surface area contributed by atoms with Gasteiger partial charge < -0.3 is 5.32 Å². The van der Waals surface area contributed by atoms with Gasteiger partial charge in [-0.05, 0) is 24.6 Å². The van der Waals surface area contributed by atoms with Gasteiger partial charge in [-0.25, -0.2) is 9.37 Å². The van der Waals surface area contributed by atoms with E-state index >= 15 is 0 Å². The Balaban J connectivity index is 2.45. The van der Waals surface area contributed by atoms with Crippen molar-refractivity contribution >= 4 is 29.0 Å². The average molecular weight is 299 g/mol. The molecule has 0 bridgehead atoms. The zero-order valence-electron chi connectivity index (χ0n) is 10.4. The highest BCUT2D eigenvalue weighted by Gasteiger charge is 2.11. The van der Waals surface area contributed by atoms with Crippen LogP contribution in [-0.4, -0.2) is 11.5 Å². The van der Waals surface area contributed by atoms with Gasteiger partial charge in [-0.15, -0.1) is 0 Å². The topological polar surface area (TPSA) is 24.9 Å². The van der Waals surface area contributed by atoms with Gasteiger partial charge in [0.15, 0.2) is 0 Å². The SMILES string of the molecule is CCCNc1nc(-c2cccc(F)c2)c(Cl)cc1Cl. The van der Waals surface area contributed by atoms with Crippen molar-refractivity contribution in [3.05, 3.63) is 46.2 Å². The fourth-order valence-corrected chi connectivity index (χ4v) is 2.21. The van der Waals surface area contributed by atoms with Crippen LogP contribution in [0.2, 0.25) is 10.0 Å². The number of hydrogen-bond donors (Lipinski definition) is 1. The van der Waals surface area contributed by atoms with E-state index in [1.54, 1.807) is 18.2 Å². The van der Waals surface area contributed by atoms with Crippen molar-refractivity contribution in [1.82, 2.24) is 4.98 Å². The molecule has 0 saturated carbocycles. The van der Waals surface area contributed by atoms with Gasteiger partial charge in [0.05, 0.1) is 15.7 Å². The first kappa shape index (κ1) is 14.1. The number of rotatable bonds is 4. The molecule has 0 atom stereocenters. The molecule has 19 heavy (non-hydrogen) atoms. The van der Waals surface area contributed by atoms with Crippen molar-refractivity contribution in [2.75, 3.05) is 11.9 Å². The van der Waals surface area contributed by atoms with E-state index in [0.29, 0.717) is 27.1 Å². The summed E-state index contributed by atoms with van der Waals surface area (Å²) in [6.07, 6.45) is 0.954. The molecular weight excluding hydrogens is 286 g/mol. The summed E-state index contributed by atoms with van der Waals surface area (Å²) < 4.78 is 13.3. The van der Waals surface area contributed by atoms with Crippen LogP contribution in [0.15, 0.2) is 30.3 Å². The van der Waals surface area contributed by atoms with Gasteiger partial charge in [0.2, 0.25) is 0 Å². The predicted octanol–water partition coefficient (Wildman–Crippen LogP) is 5.02. The lowest BCUT2D eigenvalue weighted by Gasteiger charge is -2.10. The molecule has 1 heterocycles. The molecule has 1 aromatic carbocycles. The maximum absolute atomic E-state index is 13.3. The first-order valence-corrected chi connectivity index (χ1v) is 6.73. The van der Waals surface area contributed by atoms with Gasteiger partial charge in [0.25, 0.3) is 0 Å². The third-order valence-corrected chi connectivity index (χ3v) is 3.15. The summed E-state index contributed by atoms with van der Waals surface area (Å²) in [6.45, 7) is 2.81. The lowest BCUT2D eigenvalue weighted by molar-refractivity contribution is 0.628. The Morgan fingerprint density at radius 2 is 2.00 bits per heavy atom. The fraction of sp³-hybridized carbons (Fsp3) is 0.214. The number of nitrogens with zero attached hydrogens (tertiary/aromatic N) is 1. The highest BCUT2D eigenvalue weighted by atomic mass is 35.5. The molecule has 0 fully saturated rings. The number of pyridine rings is 1. The number of nitrogens with one attached hydrogen (secondary N) is 1. The summed E-state index contributed by atoms with van der Waals surface area (Å²) >= 11 is 12.2. The highest BCUT2D eigenvalue weighted by Crippen LogP contribution is 2.32. The summed E-state index contributed by atoms with van der Waals surface area (Å²) in [5, 5.41) is 3.98. The number of hydrogen-bond acceptors (Lipinski definition) is 2. The second-order valence-electron chi connectivity index (χ2n) is 4.09. The summed E-state index contributed by atoms with van der Waals surface area (Å²) in [4.78, 5) is 4.38. The molecule has 5 heteroatoms. The predicted molar refractivity (Wildman–Crippen MR) is 78.4 cm³/mol. The molecule has 0 aliphatic carbocycles. The van der Waals surface area contributed by atoms with Crippen LogP contribution in [-0.2, 0) is 0 Å². The van der Waals surface area contributed by atoms with Crippen molar-refractivity contribution in [1.29, 1.82) is 0 Å². The van der Waals surface area contributed by atoms with Gasteiger partial charge >= 0.3 is 0 Å². The first-order chi connectivity index (χ1) is 9.11. The maximum atomic E-state index is 13.3. The third-order valence-electron chi connectivity index (χ3n) is 2.57. The minimum absolute atomic E-state index is 0.326. The van der Waals surface area contributed by atoms with Gasteiger partial charge in [-0.2, -0.15) is 0 Å². The van der Waals surface area contributed by atoms with E-state index in [1.165, 1.54) is 12.1 Å². The van der Waals surface area contributed by atoms with E-state index in [-0.39, 0.29) is 5.82 Å². The zero-order valence-corrected chi connectivity index (χ0v) is 11.9. The van der Waals surface area contributed by atoms with E-state index in [1.807, 2.05) is 6.92 Å². The molecule has 2 nitrogen and oxygen atoms in total. The molecule has 0 saturated heterocycles. The molecule has 1 aromatic heterocycles. The average Bonchev–Trinajstić information content (AvgIpc) is 2.38. The third kappa shape index (κ3) is 3.37. The minimum Gasteiger partial charge on any atom is -0.369 e. The lowest BCUT2D eigenvalue weighted by Crippen LogP contribution is -2.03. The number of halogens is 3. The molecule has 2 aromatic rings. The molecule has 0 unspecified atom stereocenters. The largest absolute Gasteiger partial charge is 0.369 e. The molecule has 0 amide bonds. The van der Waals surface area contributed by atoms with Crippen molar-refractivity contribution < 1.29 is 4.39 Å². The van der Waals surface area contributed by atoms with Gasteiger partial charge in [-0.3, -0.25) is 0 Å². The molecule has 0 radical (unpaired) electrons. The second-order valence-corrected chi connectivity index (χ2v) is 4.90. The van der Waals surface area contributed by atoms with Crippen LogP contribution in [0.1, 0.15) is 13.3 Å². The molecule has 0 aliphatic rings. The van der Waals surface area contributed by atoms with Gasteiger partial charge in [-0.1, -0.05) is 42.3 Å². The minimum atomic E-state index is -0.326. The van der Waals surface area contributed by atoms with Crippen molar-refractivity contribution in [2.45, 2.75) is 13.3 Å². The van der Waals surface area contributed by atoms with Crippen LogP contribution < -0.4 is 5.32 Å². The van der Waals surface area contributed by atoms with E-state index in [4.69, 9.17) is 23.2 Å². The first-order valence-electron chi connectivity index (χ1n) is 5.97. The Kier molecular flexibility index (Phi) is 4.61. The van der Waals surface area contributed by atoms with Gasteiger partial charge in [0.1, 0.15) is 11.6 Å². The van der Waals surface area contributed by atoms with E-state index in [2.05, 4.69) is 10.3 Å². The molecule has 100 valence electrons. The lowest BCUT2D eigenvalue weighted by atomic mass is 10.1. The normalized spacial score (nSPS) is 10.5. The molecular formula is C14H13Cl2FN2. The van der Waals surface area contributed by atoms with Crippen molar-refractivity contribution in [3.8, 4) is 11.3 Å². The van der Waals surface area contributed by atoms with Crippen LogP contribution in [0.25, 0.3) is 11.3 Å². The van der Waals surface area contributed by atoms with Crippen molar-refractivity contribution in [3.63, 3.8) is 0 Å². The van der Waals surface area contributed by atoms with E-state index in [0.717, 1.165) is 13.0 Å². The highest BCUT2D eigenvalue weighted by molar-refractivity contribution is 6.37. The summed E-state index contributed by atoms with van der Waals surface area (Å²) in [5.74, 6) is 0.237. The Morgan fingerprint density at radius 1 is 1.21 bits per heavy atom. The Bertz CT molecular complexity index is 588. The molecule has 1 N–H and O–H groups in total. The molecule has 0 aliphatic heterocycles. The standard InChI is InChI=1S/C14H13Cl2FN2/c1-2-6-18-14-12(16)8-11(15)13(19-14)9-4-3-5-10(17)7-9/h3-5,7-8H,2,6H2,1H3,(H,18,19). The quantitative estimate of drug-likeness (QED) is 0.857. The van der Waals surface area contributed by atoms with Crippen LogP contribution in [0.5, 0.6) is 0 Å². The van der Waals surface area contributed by atoms with Crippen molar-refractivity contribution in [2.24, 2.45) is 0 Å². The molecule has 2 rings (SSSR count).